The quantitative estimate of drug-likeness (QED) is 0.543. The van der Waals surface area contributed by atoms with Crippen molar-refractivity contribution in [3.05, 3.63) is 12.2 Å². The molecule has 0 aliphatic rings. The van der Waals surface area contributed by atoms with E-state index < -0.39 is 0 Å². The summed E-state index contributed by atoms with van der Waals surface area (Å²) in [6.07, 6.45) is 1.73. The summed E-state index contributed by atoms with van der Waals surface area (Å²) in [6, 6.07) is 0. The van der Waals surface area contributed by atoms with Crippen LogP contribution in [0.15, 0.2) is 6.33 Å². The molecule has 1 N–H and O–H groups in total. The number of nitrogens with zero attached hydrogens (tertiary/aromatic N) is 3. The van der Waals surface area contributed by atoms with Gasteiger partial charge in [0.2, 0.25) is 0 Å². The molecule has 19 heavy (non-hydrogen) atoms. The molecule has 0 aromatic carbocycles. The lowest BCUT2D eigenvalue weighted by atomic mass is 10.6. The number of nitrogens with one attached hydrogen (secondary N) is 1. The van der Waals surface area contributed by atoms with Crippen molar-refractivity contribution in [1.29, 1.82) is 0 Å². The molecule has 110 valence electrons. The van der Waals surface area contributed by atoms with Crippen molar-refractivity contribution in [2.24, 2.45) is 0 Å². The van der Waals surface area contributed by atoms with Gasteiger partial charge in [0.1, 0.15) is 6.33 Å². The number of methoxy groups -OCH3 is 1. The van der Waals surface area contributed by atoms with Crippen LogP contribution in [-0.2, 0) is 27.3 Å². The van der Waals surface area contributed by atoms with Crippen LogP contribution in [0.1, 0.15) is 12.7 Å². The van der Waals surface area contributed by atoms with Gasteiger partial charge >= 0.3 is 0 Å². The Balaban J connectivity index is 1.98. The zero-order valence-electron chi connectivity index (χ0n) is 11.8. The van der Waals surface area contributed by atoms with Crippen LogP contribution in [0.3, 0.4) is 0 Å². The van der Waals surface area contributed by atoms with Crippen LogP contribution in [0.4, 0.5) is 0 Å². The Morgan fingerprint density at radius 1 is 1.16 bits per heavy atom. The average molecular weight is 272 g/mol. The molecule has 1 heterocycles. The molecule has 0 spiro atoms. The zero-order chi connectivity index (χ0) is 13.8. The van der Waals surface area contributed by atoms with Crippen molar-refractivity contribution < 1.29 is 14.2 Å². The molecule has 0 saturated heterocycles. The SMILES string of the molecule is CCNCc1ncn(CCOCCOCCOC)n1. The van der Waals surface area contributed by atoms with Crippen molar-refractivity contribution >= 4 is 0 Å². The second kappa shape index (κ2) is 10.9. The van der Waals surface area contributed by atoms with E-state index in [1.165, 1.54) is 0 Å². The Morgan fingerprint density at radius 2 is 1.89 bits per heavy atom. The van der Waals surface area contributed by atoms with Gasteiger partial charge in [-0.15, -0.1) is 0 Å². The Kier molecular flexibility index (Phi) is 9.17. The molecule has 0 saturated carbocycles. The smallest absolute Gasteiger partial charge is 0.164 e. The van der Waals surface area contributed by atoms with Crippen molar-refractivity contribution in [1.82, 2.24) is 20.1 Å². The topological polar surface area (TPSA) is 70.4 Å². The molecule has 0 aliphatic heterocycles. The van der Waals surface area contributed by atoms with Gasteiger partial charge in [0.25, 0.3) is 0 Å². The van der Waals surface area contributed by atoms with Crippen molar-refractivity contribution in [2.75, 3.05) is 46.7 Å². The van der Waals surface area contributed by atoms with Gasteiger partial charge in [-0.2, -0.15) is 5.10 Å². The maximum absolute atomic E-state index is 5.44. The third-order valence-electron chi connectivity index (χ3n) is 2.39. The van der Waals surface area contributed by atoms with Crippen LogP contribution in [0.25, 0.3) is 0 Å². The lowest BCUT2D eigenvalue weighted by molar-refractivity contribution is 0.0225. The van der Waals surface area contributed by atoms with Crippen molar-refractivity contribution in [3.63, 3.8) is 0 Å². The van der Waals surface area contributed by atoms with Gasteiger partial charge in [-0.05, 0) is 6.54 Å². The first-order valence-electron chi connectivity index (χ1n) is 6.60. The molecule has 7 heteroatoms. The predicted octanol–water partition coefficient (Wildman–Crippen LogP) is 0.0672. The molecule has 0 amide bonds. The third-order valence-corrected chi connectivity index (χ3v) is 2.39. The van der Waals surface area contributed by atoms with Crippen LogP contribution >= 0.6 is 0 Å². The lowest BCUT2D eigenvalue weighted by Gasteiger charge is -2.05. The predicted molar refractivity (Wildman–Crippen MR) is 70.9 cm³/mol. The maximum atomic E-state index is 5.44. The van der Waals surface area contributed by atoms with E-state index in [1.54, 1.807) is 18.1 Å². The second-order valence-electron chi connectivity index (χ2n) is 3.92. The fourth-order valence-corrected chi connectivity index (χ4v) is 1.38. The fourth-order valence-electron chi connectivity index (χ4n) is 1.38. The molecular formula is C12H24N4O3. The summed E-state index contributed by atoms with van der Waals surface area (Å²) in [5.74, 6) is 0.810. The monoisotopic (exact) mass is 272 g/mol. The van der Waals surface area contributed by atoms with Gasteiger partial charge in [0.15, 0.2) is 5.82 Å². The Hall–Kier alpha value is -1.02. The van der Waals surface area contributed by atoms with Gasteiger partial charge in [-0.1, -0.05) is 6.92 Å². The van der Waals surface area contributed by atoms with Gasteiger partial charge in [-0.3, -0.25) is 4.68 Å². The fraction of sp³-hybridized carbons (Fsp3) is 0.833. The van der Waals surface area contributed by atoms with E-state index in [2.05, 4.69) is 22.3 Å². The van der Waals surface area contributed by atoms with E-state index in [4.69, 9.17) is 14.2 Å². The molecule has 0 fully saturated rings. The number of ether oxygens (including phenoxy) is 3. The highest BCUT2D eigenvalue weighted by Gasteiger charge is 1.99. The molecule has 1 aromatic rings. The summed E-state index contributed by atoms with van der Waals surface area (Å²) in [6.45, 7) is 7.39. The minimum atomic E-state index is 0.586. The van der Waals surface area contributed by atoms with Crippen LogP contribution in [0, 0.1) is 0 Å². The van der Waals surface area contributed by atoms with E-state index >= 15 is 0 Å². The van der Waals surface area contributed by atoms with Gasteiger partial charge in [-0.25, -0.2) is 4.98 Å². The maximum Gasteiger partial charge on any atom is 0.164 e. The van der Waals surface area contributed by atoms with E-state index in [0.29, 0.717) is 46.1 Å². The largest absolute Gasteiger partial charge is 0.382 e. The van der Waals surface area contributed by atoms with Crippen LogP contribution in [0.5, 0.6) is 0 Å². The third kappa shape index (κ3) is 7.89. The number of rotatable bonds is 12. The van der Waals surface area contributed by atoms with E-state index in [-0.39, 0.29) is 0 Å². The summed E-state index contributed by atoms with van der Waals surface area (Å²) < 4.78 is 17.4. The summed E-state index contributed by atoms with van der Waals surface area (Å²) in [4.78, 5) is 4.20. The minimum absolute atomic E-state index is 0.586. The van der Waals surface area contributed by atoms with Crippen LogP contribution in [0.2, 0.25) is 0 Å². The number of hydrogen-bond donors (Lipinski definition) is 1. The summed E-state index contributed by atoms with van der Waals surface area (Å²) in [5, 5.41) is 7.50. The number of aromatic nitrogens is 3. The second-order valence-corrected chi connectivity index (χ2v) is 3.92. The molecule has 1 rings (SSSR count). The normalized spacial score (nSPS) is 11.1. The molecule has 0 bridgehead atoms. The molecule has 7 nitrogen and oxygen atoms in total. The van der Waals surface area contributed by atoms with Crippen molar-refractivity contribution in [2.45, 2.75) is 20.0 Å². The van der Waals surface area contributed by atoms with Gasteiger partial charge < -0.3 is 19.5 Å². The first kappa shape index (κ1) is 16.0. The molecular weight excluding hydrogens is 248 g/mol. The standard InChI is InChI=1S/C12H24N4O3/c1-3-13-10-12-14-11-16(15-12)4-5-18-8-9-19-7-6-17-2/h11,13H,3-10H2,1-2H3. The molecule has 0 radical (unpaired) electrons. The van der Waals surface area contributed by atoms with Crippen LogP contribution in [-0.4, -0.2) is 61.5 Å². The van der Waals surface area contributed by atoms with Gasteiger partial charge in [0, 0.05) is 7.11 Å². The Bertz CT molecular complexity index is 320. The molecule has 0 atom stereocenters. The highest BCUT2D eigenvalue weighted by atomic mass is 16.5. The summed E-state index contributed by atoms with van der Waals surface area (Å²) >= 11 is 0. The summed E-state index contributed by atoms with van der Waals surface area (Å²) in [5.41, 5.74) is 0. The van der Waals surface area contributed by atoms with Gasteiger partial charge in [0.05, 0.1) is 46.1 Å². The Labute approximate surface area is 114 Å². The summed E-state index contributed by atoms with van der Waals surface area (Å²) in [7, 11) is 1.66. The first-order valence-corrected chi connectivity index (χ1v) is 6.60. The minimum Gasteiger partial charge on any atom is -0.382 e. The first-order chi connectivity index (χ1) is 9.36. The molecule has 0 aliphatic carbocycles. The average Bonchev–Trinajstić information content (AvgIpc) is 2.87. The van der Waals surface area contributed by atoms with E-state index in [9.17, 15) is 0 Å². The van der Waals surface area contributed by atoms with Crippen LogP contribution < -0.4 is 5.32 Å². The van der Waals surface area contributed by atoms with Crippen molar-refractivity contribution in [3.8, 4) is 0 Å². The Morgan fingerprint density at radius 3 is 2.63 bits per heavy atom. The number of hydrogen-bond acceptors (Lipinski definition) is 6. The zero-order valence-corrected chi connectivity index (χ0v) is 11.8. The molecule has 0 unspecified atom stereocenters. The lowest BCUT2D eigenvalue weighted by Crippen LogP contribution is -2.14. The van der Waals surface area contributed by atoms with E-state index in [0.717, 1.165) is 12.4 Å². The molecule has 1 aromatic heterocycles. The van der Waals surface area contributed by atoms with E-state index in [1.807, 2.05) is 0 Å². The highest BCUT2D eigenvalue weighted by molar-refractivity contribution is 4.80. The highest BCUT2D eigenvalue weighted by Crippen LogP contribution is 1.90.